The van der Waals surface area contributed by atoms with E-state index in [2.05, 4.69) is 0 Å². The van der Waals surface area contributed by atoms with E-state index in [0.29, 0.717) is 6.32 Å². The SMILES string of the molecule is CCCCB(O)O[C@@H](C(=O)N(C)C)[C@@H](O)C(=O)N(C)C. The highest BCUT2D eigenvalue weighted by atomic mass is 16.5. The maximum absolute atomic E-state index is 12.0. The Bertz CT molecular complexity index is 325. The molecule has 0 saturated heterocycles. The number of carbonyl (C=O) groups is 2. The summed E-state index contributed by atoms with van der Waals surface area (Å²) in [4.78, 5) is 26.1. The van der Waals surface area contributed by atoms with Crippen molar-refractivity contribution in [3.63, 3.8) is 0 Å². The van der Waals surface area contributed by atoms with Gasteiger partial charge in [0.1, 0.15) is 0 Å². The molecule has 0 rings (SSSR count). The predicted octanol–water partition coefficient (Wildman–Crippen LogP) is -0.810. The third kappa shape index (κ3) is 5.89. The van der Waals surface area contributed by atoms with Crippen LogP contribution in [0.2, 0.25) is 6.32 Å². The Balaban J connectivity index is 4.90. The van der Waals surface area contributed by atoms with Gasteiger partial charge in [-0.25, -0.2) is 0 Å². The molecule has 0 heterocycles. The van der Waals surface area contributed by atoms with Gasteiger partial charge in [0.15, 0.2) is 12.2 Å². The molecular weight excluding hydrogens is 263 g/mol. The summed E-state index contributed by atoms with van der Waals surface area (Å²) in [5, 5.41) is 19.7. The maximum Gasteiger partial charge on any atom is 0.454 e. The van der Waals surface area contributed by atoms with Crippen LogP contribution in [-0.2, 0) is 14.2 Å². The molecule has 0 fully saturated rings. The van der Waals surface area contributed by atoms with Crippen LogP contribution in [0.1, 0.15) is 19.8 Å². The molecule has 0 bridgehead atoms. The van der Waals surface area contributed by atoms with Crippen LogP contribution in [-0.4, -0.2) is 79.3 Å². The number of hydrogen-bond donors (Lipinski definition) is 2. The largest absolute Gasteiger partial charge is 0.454 e. The van der Waals surface area contributed by atoms with Crippen molar-refractivity contribution in [3.8, 4) is 0 Å². The molecule has 7 nitrogen and oxygen atoms in total. The van der Waals surface area contributed by atoms with E-state index in [1.54, 1.807) is 0 Å². The number of carbonyl (C=O) groups excluding carboxylic acids is 2. The van der Waals surface area contributed by atoms with Crippen molar-refractivity contribution in [2.45, 2.75) is 38.3 Å². The van der Waals surface area contributed by atoms with E-state index in [1.165, 1.54) is 38.0 Å². The summed E-state index contributed by atoms with van der Waals surface area (Å²) in [6.45, 7) is 1.96. The first-order valence-electron chi connectivity index (χ1n) is 6.66. The predicted molar refractivity (Wildman–Crippen MR) is 76.0 cm³/mol. The van der Waals surface area contributed by atoms with Crippen molar-refractivity contribution >= 4 is 18.9 Å². The highest BCUT2D eigenvalue weighted by Crippen LogP contribution is 2.10. The van der Waals surface area contributed by atoms with Crippen LogP contribution in [0.25, 0.3) is 0 Å². The number of likely N-dealkylation sites (N-methyl/N-ethyl adjacent to an activating group) is 2. The van der Waals surface area contributed by atoms with Crippen LogP contribution in [0.3, 0.4) is 0 Å². The molecule has 0 unspecified atom stereocenters. The Labute approximate surface area is 120 Å². The van der Waals surface area contributed by atoms with Gasteiger partial charge in [0, 0.05) is 28.2 Å². The van der Waals surface area contributed by atoms with Crippen molar-refractivity contribution in [2.24, 2.45) is 0 Å². The number of aliphatic hydroxyl groups is 1. The van der Waals surface area contributed by atoms with E-state index in [-0.39, 0.29) is 0 Å². The van der Waals surface area contributed by atoms with Crippen LogP contribution in [0.5, 0.6) is 0 Å². The fourth-order valence-corrected chi connectivity index (χ4v) is 1.53. The highest BCUT2D eigenvalue weighted by Gasteiger charge is 2.37. The van der Waals surface area contributed by atoms with Crippen molar-refractivity contribution in [3.05, 3.63) is 0 Å². The van der Waals surface area contributed by atoms with Crippen LogP contribution in [0.4, 0.5) is 0 Å². The first-order chi connectivity index (χ1) is 9.22. The van der Waals surface area contributed by atoms with Gasteiger partial charge in [0.2, 0.25) is 0 Å². The first kappa shape index (κ1) is 18.9. The molecule has 0 aliphatic carbocycles. The second-order valence-electron chi connectivity index (χ2n) is 5.06. The molecular formula is C12H25BN2O5. The lowest BCUT2D eigenvalue weighted by atomic mass is 9.82. The van der Waals surface area contributed by atoms with E-state index < -0.39 is 31.1 Å². The number of unbranched alkanes of at least 4 members (excludes halogenated alkanes) is 1. The molecule has 0 spiro atoms. The van der Waals surface area contributed by atoms with Crippen molar-refractivity contribution in [1.82, 2.24) is 9.80 Å². The zero-order chi connectivity index (χ0) is 15.9. The van der Waals surface area contributed by atoms with Crippen LogP contribution in [0, 0.1) is 0 Å². The summed E-state index contributed by atoms with van der Waals surface area (Å²) in [5.41, 5.74) is 0. The van der Waals surface area contributed by atoms with Gasteiger partial charge in [0.05, 0.1) is 0 Å². The maximum atomic E-state index is 12.0. The molecule has 0 aliphatic rings. The quantitative estimate of drug-likeness (QED) is 0.570. The zero-order valence-electron chi connectivity index (χ0n) is 12.9. The average molecular weight is 288 g/mol. The minimum absolute atomic E-state index is 0.344. The number of amides is 2. The van der Waals surface area contributed by atoms with E-state index in [0.717, 1.165) is 12.8 Å². The molecule has 0 aliphatic heterocycles. The average Bonchev–Trinajstić information content (AvgIpc) is 2.39. The van der Waals surface area contributed by atoms with Gasteiger partial charge in [-0.15, -0.1) is 0 Å². The number of nitrogens with zero attached hydrogens (tertiary/aromatic N) is 2. The summed E-state index contributed by atoms with van der Waals surface area (Å²) in [5.74, 6) is -1.21. The van der Waals surface area contributed by atoms with Gasteiger partial charge in [-0.2, -0.15) is 0 Å². The Hall–Kier alpha value is -1.12. The fraction of sp³-hybridized carbons (Fsp3) is 0.833. The monoisotopic (exact) mass is 288 g/mol. The lowest BCUT2D eigenvalue weighted by Crippen LogP contribution is -2.52. The Morgan fingerprint density at radius 3 is 2.05 bits per heavy atom. The Morgan fingerprint density at radius 1 is 1.15 bits per heavy atom. The van der Waals surface area contributed by atoms with Gasteiger partial charge >= 0.3 is 7.12 Å². The van der Waals surface area contributed by atoms with E-state index in [1.807, 2.05) is 6.92 Å². The fourth-order valence-electron chi connectivity index (χ4n) is 1.53. The number of rotatable bonds is 8. The minimum atomic E-state index is -1.64. The lowest BCUT2D eigenvalue weighted by Gasteiger charge is -2.27. The Kier molecular flexibility index (Phi) is 8.44. The number of hydrogen-bond acceptors (Lipinski definition) is 5. The van der Waals surface area contributed by atoms with Crippen LogP contribution in [0.15, 0.2) is 0 Å². The molecule has 2 N–H and O–H groups in total. The zero-order valence-corrected chi connectivity index (χ0v) is 12.9. The molecule has 0 aromatic rings. The standard InChI is InChI=1S/C12H25BN2O5/c1-6-7-8-13(19)20-10(12(18)15(4)5)9(16)11(17)14(2)3/h9-10,16,19H,6-8H2,1-5H3/t9-,10-/m1/s1. The normalized spacial score (nSPS) is 13.6. The first-order valence-corrected chi connectivity index (χ1v) is 6.66. The van der Waals surface area contributed by atoms with Crippen LogP contribution < -0.4 is 0 Å². The third-order valence-electron chi connectivity index (χ3n) is 2.77. The summed E-state index contributed by atoms with van der Waals surface area (Å²) in [7, 11) is 4.73. The molecule has 8 heteroatoms. The summed E-state index contributed by atoms with van der Waals surface area (Å²) >= 11 is 0. The van der Waals surface area contributed by atoms with Crippen molar-refractivity contribution in [2.75, 3.05) is 28.2 Å². The smallest absolute Gasteiger partial charge is 0.427 e. The van der Waals surface area contributed by atoms with Gasteiger partial charge in [-0.3, -0.25) is 9.59 Å². The minimum Gasteiger partial charge on any atom is -0.427 e. The molecule has 116 valence electrons. The lowest BCUT2D eigenvalue weighted by molar-refractivity contribution is -0.154. The molecule has 2 atom stereocenters. The summed E-state index contributed by atoms with van der Waals surface area (Å²) in [6.07, 6.45) is -1.12. The third-order valence-corrected chi connectivity index (χ3v) is 2.77. The topological polar surface area (TPSA) is 90.3 Å². The number of aliphatic hydroxyl groups excluding tert-OH is 1. The molecule has 0 aromatic heterocycles. The second-order valence-corrected chi connectivity index (χ2v) is 5.06. The van der Waals surface area contributed by atoms with Crippen molar-refractivity contribution < 1.29 is 24.4 Å². The molecule has 2 amide bonds. The molecule has 0 radical (unpaired) electrons. The Morgan fingerprint density at radius 2 is 1.65 bits per heavy atom. The summed E-state index contributed by atoms with van der Waals surface area (Å²) < 4.78 is 5.18. The second kappa shape index (κ2) is 8.94. The molecule has 0 aromatic carbocycles. The van der Waals surface area contributed by atoms with Crippen molar-refractivity contribution in [1.29, 1.82) is 0 Å². The van der Waals surface area contributed by atoms with Gasteiger partial charge in [-0.05, 0) is 6.32 Å². The van der Waals surface area contributed by atoms with E-state index in [4.69, 9.17) is 4.65 Å². The molecule has 0 saturated carbocycles. The van der Waals surface area contributed by atoms with Gasteiger partial charge < -0.3 is 24.6 Å². The van der Waals surface area contributed by atoms with Gasteiger partial charge in [-0.1, -0.05) is 19.8 Å². The van der Waals surface area contributed by atoms with E-state index >= 15 is 0 Å². The van der Waals surface area contributed by atoms with E-state index in [9.17, 15) is 19.7 Å². The molecule has 20 heavy (non-hydrogen) atoms. The van der Waals surface area contributed by atoms with Gasteiger partial charge in [0.25, 0.3) is 11.8 Å². The highest BCUT2D eigenvalue weighted by molar-refractivity contribution is 6.43. The summed E-state index contributed by atoms with van der Waals surface area (Å²) in [6, 6.07) is 0. The van der Waals surface area contributed by atoms with Crippen LogP contribution >= 0.6 is 0 Å².